The van der Waals surface area contributed by atoms with E-state index in [-0.39, 0.29) is 30.6 Å². The molecule has 1 aromatic heterocycles. The Hall–Kier alpha value is -4.08. The number of para-hydroxylation sites is 1. The predicted molar refractivity (Wildman–Crippen MR) is 108 cm³/mol. The van der Waals surface area contributed by atoms with E-state index < -0.39 is 6.04 Å². The fourth-order valence-corrected chi connectivity index (χ4v) is 3.15. The third-order valence-corrected chi connectivity index (χ3v) is 4.62. The van der Waals surface area contributed by atoms with Crippen molar-refractivity contribution in [2.24, 2.45) is 7.05 Å². The van der Waals surface area contributed by atoms with Crippen LogP contribution >= 0.6 is 0 Å². The van der Waals surface area contributed by atoms with Crippen LogP contribution in [0.4, 0.5) is 11.4 Å². The van der Waals surface area contributed by atoms with E-state index in [2.05, 4.69) is 31.4 Å². The number of hydrogen-bond donors (Lipinski definition) is 3. The first kappa shape index (κ1) is 19.2. The van der Waals surface area contributed by atoms with E-state index in [0.29, 0.717) is 28.3 Å². The number of nitrogens with one attached hydrogen (secondary N) is 3. The van der Waals surface area contributed by atoms with Crippen molar-refractivity contribution >= 4 is 29.1 Å². The number of rotatable bonds is 5. The summed E-state index contributed by atoms with van der Waals surface area (Å²) in [6.45, 7) is 0. The van der Waals surface area contributed by atoms with Crippen molar-refractivity contribution in [3.05, 3.63) is 54.1 Å². The Morgan fingerprint density at radius 1 is 1.17 bits per heavy atom. The molecule has 1 atom stereocenters. The molecule has 0 spiro atoms. The number of tetrazole rings is 1. The Bertz CT molecular complexity index is 1120. The Kier molecular flexibility index (Phi) is 5.21. The zero-order chi connectivity index (χ0) is 21.1. The minimum atomic E-state index is -0.800. The lowest BCUT2D eigenvalue weighted by Gasteiger charge is -2.14. The number of aromatic nitrogens is 4. The second-order valence-corrected chi connectivity index (χ2v) is 6.83. The maximum atomic E-state index is 12.4. The van der Waals surface area contributed by atoms with Crippen molar-refractivity contribution in [3.8, 4) is 11.4 Å². The minimum absolute atomic E-state index is 0.0579. The van der Waals surface area contributed by atoms with E-state index in [9.17, 15) is 14.4 Å². The topological polar surface area (TPSA) is 131 Å². The summed E-state index contributed by atoms with van der Waals surface area (Å²) in [5.74, 6) is -0.524. The van der Waals surface area contributed by atoms with Crippen molar-refractivity contribution in [3.63, 3.8) is 0 Å². The summed E-state index contributed by atoms with van der Waals surface area (Å²) < 4.78 is 0. The molecule has 2 aromatic carbocycles. The first-order chi connectivity index (χ1) is 14.5. The first-order valence-electron chi connectivity index (χ1n) is 9.34. The number of fused-ring (bicyclic) bond motifs is 1. The van der Waals surface area contributed by atoms with Gasteiger partial charge in [0.15, 0.2) is 0 Å². The van der Waals surface area contributed by atoms with Gasteiger partial charge in [-0.3, -0.25) is 14.4 Å². The van der Waals surface area contributed by atoms with Gasteiger partial charge >= 0.3 is 0 Å². The van der Waals surface area contributed by atoms with Gasteiger partial charge in [0.1, 0.15) is 6.04 Å². The molecule has 2 heterocycles. The summed E-state index contributed by atoms with van der Waals surface area (Å²) >= 11 is 0. The Morgan fingerprint density at radius 3 is 2.80 bits per heavy atom. The van der Waals surface area contributed by atoms with Gasteiger partial charge in [-0.15, -0.1) is 10.2 Å². The highest BCUT2D eigenvalue weighted by Crippen LogP contribution is 2.21. The van der Waals surface area contributed by atoms with Gasteiger partial charge in [-0.25, -0.2) is 0 Å². The van der Waals surface area contributed by atoms with E-state index in [1.807, 2.05) is 6.07 Å². The van der Waals surface area contributed by atoms with Crippen molar-refractivity contribution in [2.45, 2.75) is 18.9 Å². The smallest absolute Gasteiger partial charge is 0.254 e. The van der Waals surface area contributed by atoms with Gasteiger partial charge in [0.05, 0.1) is 18.3 Å². The maximum absolute atomic E-state index is 12.4. The largest absolute Gasteiger partial charge is 0.340 e. The zero-order valence-electron chi connectivity index (χ0n) is 16.1. The molecule has 3 aromatic rings. The summed E-state index contributed by atoms with van der Waals surface area (Å²) in [6.07, 6.45) is 0.227. The third kappa shape index (κ3) is 4.17. The minimum Gasteiger partial charge on any atom is -0.340 e. The van der Waals surface area contributed by atoms with Crippen LogP contribution in [0.25, 0.3) is 11.4 Å². The summed E-state index contributed by atoms with van der Waals surface area (Å²) in [7, 11) is 1.67. The molecule has 0 radical (unpaired) electrons. The molecule has 10 heteroatoms. The van der Waals surface area contributed by atoms with Crippen LogP contribution in [0.15, 0.2) is 48.5 Å². The van der Waals surface area contributed by atoms with Crippen LogP contribution in [0.5, 0.6) is 0 Å². The average molecular weight is 405 g/mol. The van der Waals surface area contributed by atoms with Crippen LogP contribution in [0.3, 0.4) is 0 Å². The number of aryl methyl sites for hydroxylation is 1. The SMILES string of the molecule is Cn1nnc(-c2cccc(NC(=O)CC[C@H]3NC(=O)c4ccccc4NC3=O)c2)n1. The van der Waals surface area contributed by atoms with Crippen LogP contribution in [-0.2, 0) is 16.6 Å². The van der Waals surface area contributed by atoms with Crippen LogP contribution in [-0.4, -0.2) is 44.0 Å². The summed E-state index contributed by atoms with van der Waals surface area (Å²) in [5.41, 5.74) is 2.15. The van der Waals surface area contributed by atoms with Gasteiger partial charge < -0.3 is 16.0 Å². The molecule has 0 unspecified atom stereocenters. The lowest BCUT2D eigenvalue weighted by atomic mass is 10.1. The molecule has 1 aliphatic heterocycles. The lowest BCUT2D eigenvalue weighted by molar-refractivity contribution is -0.118. The zero-order valence-corrected chi connectivity index (χ0v) is 16.1. The molecule has 3 amide bonds. The Balaban J connectivity index is 1.37. The molecule has 1 aliphatic rings. The van der Waals surface area contributed by atoms with Crippen LogP contribution in [0, 0.1) is 0 Å². The molecule has 0 bridgehead atoms. The molecule has 152 valence electrons. The molecule has 0 fully saturated rings. The second-order valence-electron chi connectivity index (χ2n) is 6.83. The number of anilines is 2. The molecule has 10 nitrogen and oxygen atoms in total. The van der Waals surface area contributed by atoms with Crippen molar-refractivity contribution in [1.82, 2.24) is 25.5 Å². The van der Waals surface area contributed by atoms with Crippen LogP contribution in [0.2, 0.25) is 0 Å². The highest BCUT2D eigenvalue weighted by Gasteiger charge is 2.27. The highest BCUT2D eigenvalue weighted by atomic mass is 16.2. The molecule has 0 aliphatic carbocycles. The van der Waals surface area contributed by atoms with Crippen LogP contribution in [0.1, 0.15) is 23.2 Å². The van der Waals surface area contributed by atoms with E-state index in [1.54, 1.807) is 49.5 Å². The number of nitrogens with zero attached hydrogens (tertiary/aromatic N) is 4. The number of benzene rings is 2. The van der Waals surface area contributed by atoms with Crippen LogP contribution < -0.4 is 16.0 Å². The van der Waals surface area contributed by atoms with E-state index in [0.717, 1.165) is 0 Å². The first-order valence-corrected chi connectivity index (χ1v) is 9.34. The predicted octanol–water partition coefficient (Wildman–Crippen LogP) is 1.35. The second kappa shape index (κ2) is 8.11. The Labute approximate surface area is 171 Å². The van der Waals surface area contributed by atoms with E-state index >= 15 is 0 Å². The molecule has 30 heavy (non-hydrogen) atoms. The molecule has 4 rings (SSSR count). The summed E-state index contributed by atoms with van der Waals surface area (Å²) in [4.78, 5) is 38.5. The highest BCUT2D eigenvalue weighted by molar-refractivity contribution is 6.10. The number of hydrogen-bond acceptors (Lipinski definition) is 6. The molecular weight excluding hydrogens is 386 g/mol. The summed E-state index contributed by atoms with van der Waals surface area (Å²) in [5, 5.41) is 20.1. The average Bonchev–Trinajstić information content (AvgIpc) is 3.13. The molecule has 0 saturated carbocycles. The number of carbonyl (C=O) groups excluding carboxylic acids is 3. The molecular formula is C20H19N7O3. The van der Waals surface area contributed by atoms with Gasteiger partial charge in [0.25, 0.3) is 5.91 Å². The van der Waals surface area contributed by atoms with Crippen molar-refractivity contribution < 1.29 is 14.4 Å². The van der Waals surface area contributed by atoms with E-state index in [1.165, 1.54) is 4.80 Å². The fraction of sp³-hybridized carbons (Fsp3) is 0.200. The lowest BCUT2D eigenvalue weighted by Crippen LogP contribution is -2.41. The van der Waals surface area contributed by atoms with E-state index in [4.69, 9.17) is 0 Å². The van der Waals surface area contributed by atoms with Gasteiger partial charge in [0.2, 0.25) is 17.6 Å². The third-order valence-electron chi connectivity index (χ3n) is 4.62. The quantitative estimate of drug-likeness (QED) is 0.587. The van der Waals surface area contributed by atoms with Gasteiger partial charge in [0, 0.05) is 17.7 Å². The van der Waals surface area contributed by atoms with Crippen molar-refractivity contribution in [2.75, 3.05) is 10.6 Å². The van der Waals surface area contributed by atoms with Gasteiger partial charge in [-0.1, -0.05) is 24.3 Å². The normalized spacial score (nSPS) is 15.6. The molecule has 0 saturated heterocycles. The standard InChI is InChI=1S/C20H19N7O3/c1-27-25-18(24-26-27)12-5-4-6-13(11-12)21-17(28)10-9-16-20(30)22-15-8-3-2-7-14(15)19(29)23-16/h2-8,11,16H,9-10H2,1H3,(H,21,28)(H,22,30)(H,23,29)/t16-/m1/s1. The number of amides is 3. The Morgan fingerprint density at radius 2 is 2.00 bits per heavy atom. The number of carbonyl (C=O) groups is 3. The monoisotopic (exact) mass is 405 g/mol. The van der Waals surface area contributed by atoms with Crippen molar-refractivity contribution in [1.29, 1.82) is 0 Å². The molecule has 3 N–H and O–H groups in total. The van der Waals surface area contributed by atoms with Gasteiger partial charge in [-0.2, -0.15) is 4.80 Å². The maximum Gasteiger partial charge on any atom is 0.254 e. The summed E-state index contributed by atoms with van der Waals surface area (Å²) in [6, 6.07) is 13.0. The fourth-order valence-electron chi connectivity index (χ4n) is 3.15. The van der Waals surface area contributed by atoms with Gasteiger partial charge in [-0.05, 0) is 35.9 Å².